The standard InChI is InChI=1S/C28H44O3S/c1-5-28(31,6-2)13-7-15-32-18-20-9-11-23-22-10-8-19-16-21(29)17-25(30)27(19,4)24(22)12-14-26(20,23)3/h8-10,21,23-25,29-31H,5-7,11-18H2,1-4H3/t21-,23+,24+,25+,26-,27+/m1/s1. The summed E-state index contributed by atoms with van der Waals surface area (Å²) in [5, 5.41) is 31.7. The van der Waals surface area contributed by atoms with E-state index in [1.54, 1.807) is 11.1 Å². The summed E-state index contributed by atoms with van der Waals surface area (Å²) < 4.78 is 0. The zero-order chi connectivity index (χ0) is 23.1. The number of allylic oxidation sites excluding steroid dienone is 4. The Morgan fingerprint density at radius 3 is 2.59 bits per heavy atom. The smallest absolute Gasteiger partial charge is 0.0661 e. The van der Waals surface area contributed by atoms with Gasteiger partial charge in [-0.25, -0.2) is 0 Å². The molecule has 4 aliphatic rings. The maximum absolute atomic E-state index is 11.0. The molecule has 4 heteroatoms. The SMILES string of the molecule is CCC(O)(CC)CCCSCC1=CC[C@H]2C3=CC=C4C[C@@H](O)C[C@H](O)[C@]4(C)[C@H]3CC[C@]12C. The second kappa shape index (κ2) is 9.24. The van der Waals surface area contributed by atoms with Crippen LogP contribution >= 0.6 is 11.8 Å². The van der Waals surface area contributed by atoms with Crippen LogP contribution in [0.4, 0.5) is 0 Å². The van der Waals surface area contributed by atoms with Gasteiger partial charge in [-0.3, -0.25) is 0 Å². The fourth-order valence-corrected chi connectivity index (χ4v) is 8.40. The molecule has 2 saturated carbocycles. The topological polar surface area (TPSA) is 60.7 Å². The number of aliphatic hydroxyl groups is 3. The summed E-state index contributed by atoms with van der Waals surface area (Å²) in [6.07, 6.45) is 14.6. The van der Waals surface area contributed by atoms with Gasteiger partial charge in [-0.1, -0.05) is 62.6 Å². The monoisotopic (exact) mass is 460 g/mol. The molecule has 0 saturated heterocycles. The Morgan fingerprint density at radius 1 is 1.12 bits per heavy atom. The van der Waals surface area contributed by atoms with Crippen LogP contribution in [0.15, 0.2) is 34.9 Å². The van der Waals surface area contributed by atoms with Crippen LogP contribution in [0.25, 0.3) is 0 Å². The van der Waals surface area contributed by atoms with Gasteiger partial charge in [0.15, 0.2) is 0 Å². The molecular formula is C28H44O3S. The van der Waals surface area contributed by atoms with Gasteiger partial charge in [0.05, 0.1) is 17.8 Å². The number of hydrogen-bond acceptors (Lipinski definition) is 4. The number of thioether (sulfide) groups is 1. The molecule has 6 atom stereocenters. The van der Waals surface area contributed by atoms with Crippen molar-refractivity contribution in [2.45, 2.75) is 103 Å². The van der Waals surface area contributed by atoms with E-state index in [0.29, 0.717) is 24.7 Å². The van der Waals surface area contributed by atoms with Crippen molar-refractivity contribution >= 4 is 11.8 Å². The van der Waals surface area contributed by atoms with Crippen molar-refractivity contribution in [1.82, 2.24) is 0 Å². The molecule has 2 fully saturated rings. The van der Waals surface area contributed by atoms with Gasteiger partial charge < -0.3 is 15.3 Å². The van der Waals surface area contributed by atoms with Crippen LogP contribution in [-0.2, 0) is 0 Å². The highest BCUT2D eigenvalue weighted by molar-refractivity contribution is 7.99. The fourth-order valence-electron chi connectivity index (χ4n) is 7.23. The normalized spacial score (nSPS) is 38.9. The minimum Gasteiger partial charge on any atom is -0.393 e. The second-order valence-corrected chi connectivity index (χ2v) is 12.5. The summed E-state index contributed by atoms with van der Waals surface area (Å²) in [4.78, 5) is 0. The quantitative estimate of drug-likeness (QED) is 0.316. The lowest BCUT2D eigenvalue weighted by Crippen LogP contribution is -2.52. The fraction of sp³-hybridized carbons (Fsp3) is 0.786. The van der Waals surface area contributed by atoms with Crippen LogP contribution in [0, 0.1) is 22.7 Å². The molecule has 0 radical (unpaired) electrons. The average molecular weight is 461 g/mol. The molecule has 180 valence electrons. The summed E-state index contributed by atoms with van der Waals surface area (Å²) in [5.41, 5.74) is 3.97. The van der Waals surface area contributed by atoms with Crippen LogP contribution in [0.2, 0.25) is 0 Å². The predicted octanol–water partition coefficient (Wildman–Crippen LogP) is 5.80. The first kappa shape index (κ1) is 24.6. The van der Waals surface area contributed by atoms with E-state index in [4.69, 9.17) is 0 Å². The van der Waals surface area contributed by atoms with E-state index in [0.717, 1.165) is 50.0 Å². The summed E-state index contributed by atoms with van der Waals surface area (Å²) in [7, 11) is 0. The van der Waals surface area contributed by atoms with Crippen LogP contribution in [0.3, 0.4) is 0 Å². The molecule has 0 spiro atoms. The number of fused-ring (bicyclic) bond motifs is 5. The molecule has 0 aliphatic heterocycles. The van der Waals surface area contributed by atoms with E-state index in [1.165, 1.54) is 12.0 Å². The molecule has 0 aromatic rings. The Kier molecular flexibility index (Phi) is 7.10. The number of rotatable bonds is 8. The van der Waals surface area contributed by atoms with Gasteiger partial charge in [-0.2, -0.15) is 11.8 Å². The van der Waals surface area contributed by atoms with Gasteiger partial charge in [0.25, 0.3) is 0 Å². The van der Waals surface area contributed by atoms with Crippen LogP contribution in [-0.4, -0.2) is 44.6 Å². The lowest BCUT2D eigenvalue weighted by molar-refractivity contribution is -0.0488. The zero-order valence-electron chi connectivity index (χ0n) is 20.6. The van der Waals surface area contributed by atoms with Crippen molar-refractivity contribution in [2.24, 2.45) is 22.7 Å². The van der Waals surface area contributed by atoms with Crippen molar-refractivity contribution in [2.75, 3.05) is 11.5 Å². The molecule has 0 aromatic heterocycles. The molecule has 4 aliphatic carbocycles. The van der Waals surface area contributed by atoms with Gasteiger partial charge >= 0.3 is 0 Å². The average Bonchev–Trinajstić information content (AvgIpc) is 3.11. The Hall–Kier alpha value is -0.550. The third kappa shape index (κ3) is 4.08. The van der Waals surface area contributed by atoms with Gasteiger partial charge in [-0.15, -0.1) is 0 Å². The lowest BCUT2D eigenvalue weighted by atomic mass is 9.50. The van der Waals surface area contributed by atoms with Gasteiger partial charge in [-0.05, 0) is 74.4 Å². The van der Waals surface area contributed by atoms with Crippen molar-refractivity contribution < 1.29 is 15.3 Å². The molecule has 0 unspecified atom stereocenters. The Balaban J connectivity index is 1.40. The highest BCUT2D eigenvalue weighted by Crippen LogP contribution is 2.63. The summed E-state index contributed by atoms with van der Waals surface area (Å²) >= 11 is 2.04. The minimum absolute atomic E-state index is 0.211. The van der Waals surface area contributed by atoms with Crippen molar-refractivity contribution in [3.05, 3.63) is 34.9 Å². The van der Waals surface area contributed by atoms with E-state index >= 15 is 0 Å². The first-order valence-corrected chi connectivity index (χ1v) is 14.1. The van der Waals surface area contributed by atoms with E-state index < -0.39 is 17.8 Å². The first-order valence-electron chi connectivity index (χ1n) is 12.9. The Bertz CT molecular complexity index is 794. The second-order valence-electron chi connectivity index (χ2n) is 11.4. The largest absolute Gasteiger partial charge is 0.393 e. The Labute approximate surface area is 199 Å². The third-order valence-electron chi connectivity index (χ3n) is 9.90. The highest BCUT2D eigenvalue weighted by atomic mass is 32.2. The van der Waals surface area contributed by atoms with Crippen LogP contribution in [0.1, 0.15) is 85.5 Å². The van der Waals surface area contributed by atoms with Crippen LogP contribution < -0.4 is 0 Å². The van der Waals surface area contributed by atoms with Crippen molar-refractivity contribution in [1.29, 1.82) is 0 Å². The summed E-state index contributed by atoms with van der Waals surface area (Å²) in [5.74, 6) is 3.18. The zero-order valence-corrected chi connectivity index (χ0v) is 21.4. The van der Waals surface area contributed by atoms with Crippen LogP contribution in [0.5, 0.6) is 0 Å². The number of aliphatic hydroxyl groups excluding tert-OH is 2. The molecule has 0 bridgehead atoms. The van der Waals surface area contributed by atoms with Crippen molar-refractivity contribution in [3.8, 4) is 0 Å². The summed E-state index contributed by atoms with van der Waals surface area (Å²) in [6.45, 7) is 8.90. The van der Waals surface area contributed by atoms with E-state index in [1.807, 2.05) is 11.8 Å². The number of hydrogen-bond donors (Lipinski definition) is 3. The molecule has 4 rings (SSSR count). The van der Waals surface area contributed by atoms with E-state index in [-0.39, 0.29) is 10.8 Å². The first-order chi connectivity index (χ1) is 15.2. The molecule has 3 N–H and O–H groups in total. The highest BCUT2D eigenvalue weighted by Gasteiger charge is 2.56. The van der Waals surface area contributed by atoms with Crippen molar-refractivity contribution in [3.63, 3.8) is 0 Å². The molecule has 0 heterocycles. The maximum atomic E-state index is 11.0. The molecule has 0 aromatic carbocycles. The third-order valence-corrected chi connectivity index (χ3v) is 11.0. The van der Waals surface area contributed by atoms with Gasteiger partial charge in [0.1, 0.15) is 0 Å². The molecule has 0 amide bonds. The predicted molar refractivity (Wildman–Crippen MR) is 135 cm³/mol. The molecule has 32 heavy (non-hydrogen) atoms. The Morgan fingerprint density at radius 2 is 1.88 bits per heavy atom. The lowest BCUT2D eigenvalue weighted by Gasteiger charge is -2.56. The van der Waals surface area contributed by atoms with Gasteiger partial charge in [0.2, 0.25) is 0 Å². The van der Waals surface area contributed by atoms with E-state index in [2.05, 4.69) is 45.9 Å². The molecule has 3 nitrogen and oxygen atoms in total. The minimum atomic E-state index is -0.474. The van der Waals surface area contributed by atoms with Gasteiger partial charge in [0, 0.05) is 17.6 Å². The van der Waals surface area contributed by atoms with E-state index in [9.17, 15) is 15.3 Å². The maximum Gasteiger partial charge on any atom is 0.0661 e. The molecular weight excluding hydrogens is 416 g/mol. The summed E-state index contributed by atoms with van der Waals surface area (Å²) in [6, 6.07) is 0.